The minimum absolute atomic E-state index is 0.0251. The van der Waals surface area contributed by atoms with E-state index in [4.69, 9.17) is 9.84 Å². The Balaban J connectivity index is 1.91. The molecule has 0 atom stereocenters. The average Bonchev–Trinajstić information content (AvgIpc) is 2.90. The molecule has 0 fully saturated rings. The molecule has 7 heteroatoms. The van der Waals surface area contributed by atoms with E-state index >= 15 is 0 Å². The van der Waals surface area contributed by atoms with Crippen molar-refractivity contribution in [2.24, 2.45) is 0 Å². The number of aromatic carboxylic acids is 1. The molecule has 0 aliphatic rings. The molecule has 1 heterocycles. The topological polar surface area (TPSA) is 91.7 Å². The normalized spacial score (nSPS) is 10.6. The summed E-state index contributed by atoms with van der Waals surface area (Å²) < 4.78 is 6.12. The van der Waals surface area contributed by atoms with Crippen molar-refractivity contribution in [1.82, 2.24) is 4.98 Å². The van der Waals surface area contributed by atoms with E-state index in [0.717, 1.165) is 16.0 Å². The third-order valence-electron chi connectivity index (χ3n) is 3.08. The zero-order chi connectivity index (χ0) is 15.7. The van der Waals surface area contributed by atoms with Gasteiger partial charge in [-0.1, -0.05) is 11.3 Å². The second kappa shape index (κ2) is 5.53. The van der Waals surface area contributed by atoms with E-state index in [2.05, 4.69) is 10.3 Å². The molecule has 0 bridgehead atoms. The number of nitrogens with one attached hydrogen (secondary N) is 1. The number of benzene rings is 2. The number of thiazole rings is 1. The molecule has 0 radical (unpaired) electrons. The number of aromatic nitrogens is 1. The smallest absolute Gasteiger partial charge is 0.335 e. The SMILES string of the molecule is COc1ccc2nc(Nc3ccc(C(=O)O)cc3O)sc2c1. The Morgan fingerprint density at radius 3 is 2.77 bits per heavy atom. The number of hydrogen-bond donors (Lipinski definition) is 3. The number of aromatic hydroxyl groups is 1. The maximum Gasteiger partial charge on any atom is 0.335 e. The monoisotopic (exact) mass is 316 g/mol. The molecule has 3 aromatic rings. The summed E-state index contributed by atoms with van der Waals surface area (Å²) >= 11 is 1.41. The third-order valence-corrected chi connectivity index (χ3v) is 4.02. The van der Waals surface area contributed by atoms with Gasteiger partial charge >= 0.3 is 5.97 Å². The van der Waals surface area contributed by atoms with Gasteiger partial charge in [-0.3, -0.25) is 0 Å². The van der Waals surface area contributed by atoms with Gasteiger partial charge in [0.1, 0.15) is 11.5 Å². The molecule has 22 heavy (non-hydrogen) atoms. The van der Waals surface area contributed by atoms with Gasteiger partial charge in [0.05, 0.1) is 28.6 Å². The van der Waals surface area contributed by atoms with Gasteiger partial charge in [-0.2, -0.15) is 0 Å². The number of hydrogen-bond acceptors (Lipinski definition) is 6. The first-order valence-corrected chi connectivity index (χ1v) is 7.16. The minimum Gasteiger partial charge on any atom is -0.506 e. The van der Waals surface area contributed by atoms with Crippen molar-refractivity contribution in [3.63, 3.8) is 0 Å². The lowest BCUT2D eigenvalue weighted by molar-refractivity contribution is 0.0696. The largest absolute Gasteiger partial charge is 0.506 e. The molecular weight excluding hydrogens is 304 g/mol. The van der Waals surface area contributed by atoms with E-state index < -0.39 is 5.97 Å². The Hall–Kier alpha value is -2.80. The Morgan fingerprint density at radius 1 is 1.27 bits per heavy atom. The second-order valence-corrected chi connectivity index (χ2v) is 5.55. The highest BCUT2D eigenvalue weighted by atomic mass is 32.1. The molecule has 3 N–H and O–H groups in total. The Morgan fingerprint density at radius 2 is 2.09 bits per heavy atom. The number of phenolic OH excluding ortho intramolecular Hbond substituents is 1. The highest BCUT2D eigenvalue weighted by Gasteiger charge is 2.10. The molecule has 0 saturated carbocycles. The number of carbonyl (C=O) groups is 1. The van der Waals surface area contributed by atoms with E-state index in [1.807, 2.05) is 18.2 Å². The number of fused-ring (bicyclic) bond motifs is 1. The van der Waals surface area contributed by atoms with E-state index in [0.29, 0.717) is 10.8 Å². The van der Waals surface area contributed by atoms with E-state index in [9.17, 15) is 9.90 Å². The fourth-order valence-electron chi connectivity index (χ4n) is 1.97. The number of ether oxygens (including phenoxy) is 1. The molecule has 0 aliphatic heterocycles. The van der Waals surface area contributed by atoms with Gasteiger partial charge in [-0.05, 0) is 36.4 Å². The van der Waals surface area contributed by atoms with Crippen molar-refractivity contribution in [3.05, 3.63) is 42.0 Å². The zero-order valence-corrected chi connectivity index (χ0v) is 12.3. The summed E-state index contributed by atoms with van der Waals surface area (Å²) in [6.45, 7) is 0. The maximum absolute atomic E-state index is 10.8. The van der Waals surface area contributed by atoms with Crippen LogP contribution in [0.15, 0.2) is 36.4 Å². The number of methoxy groups -OCH3 is 1. The van der Waals surface area contributed by atoms with Crippen molar-refractivity contribution < 1.29 is 19.7 Å². The number of phenols is 1. The van der Waals surface area contributed by atoms with Crippen molar-refractivity contribution >= 4 is 38.3 Å². The number of anilines is 2. The number of carboxylic acid groups (broad SMARTS) is 1. The molecular formula is C15H12N2O4S. The van der Waals surface area contributed by atoms with Gasteiger partial charge < -0.3 is 20.3 Å². The lowest BCUT2D eigenvalue weighted by Gasteiger charge is -2.05. The van der Waals surface area contributed by atoms with Gasteiger partial charge in [-0.15, -0.1) is 0 Å². The second-order valence-electron chi connectivity index (χ2n) is 4.51. The predicted molar refractivity (Wildman–Crippen MR) is 84.5 cm³/mol. The summed E-state index contributed by atoms with van der Waals surface area (Å²) in [5, 5.41) is 22.4. The third kappa shape index (κ3) is 2.66. The van der Waals surface area contributed by atoms with Crippen LogP contribution in [0.1, 0.15) is 10.4 Å². The predicted octanol–water partition coefficient (Wildman–Crippen LogP) is 3.45. The van der Waals surface area contributed by atoms with Gasteiger partial charge in [0.25, 0.3) is 0 Å². The van der Waals surface area contributed by atoms with Crippen LogP contribution in [-0.4, -0.2) is 28.3 Å². The van der Waals surface area contributed by atoms with Crippen LogP contribution in [0.25, 0.3) is 10.2 Å². The average molecular weight is 316 g/mol. The van der Waals surface area contributed by atoms with Crippen LogP contribution >= 0.6 is 11.3 Å². The zero-order valence-electron chi connectivity index (χ0n) is 11.5. The summed E-state index contributed by atoms with van der Waals surface area (Å²) in [6.07, 6.45) is 0. The van der Waals surface area contributed by atoms with Gasteiger partial charge in [0, 0.05) is 0 Å². The molecule has 3 rings (SSSR count). The van der Waals surface area contributed by atoms with Crippen molar-refractivity contribution in [1.29, 1.82) is 0 Å². The maximum atomic E-state index is 10.8. The van der Waals surface area contributed by atoms with Crippen LogP contribution in [0, 0.1) is 0 Å². The molecule has 0 amide bonds. The van der Waals surface area contributed by atoms with E-state index in [1.54, 1.807) is 7.11 Å². The fraction of sp³-hybridized carbons (Fsp3) is 0.0667. The standard InChI is InChI=1S/C15H12N2O4S/c1-21-9-3-5-11-13(7-9)22-15(17-11)16-10-4-2-8(14(19)20)6-12(10)18/h2-7,18H,1H3,(H,16,17)(H,19,20). The van der Waals surface area contributed by atoms with Crippen molar-refractivity contribution in [2.75, 3.05) is 12.4 Å². The quantitative estimate of drug-likeness (QED) is 0.639. The number of rotatable bonds is 4. The van der Waals surface area contributed by atoms with Crippen LogP contribution in [0.2, 0.25) is 0 Å². The van der Waals surface area contributed by atoms with Crippen LogP contribution in [0.5, 0.6) is 11.5 Å². The molecule has 0 unspecified atom stereocenters. The van der Waals surface area contributed by atoms with E-state index in [1.165, 1.54) is 29.5 Å². The summed E-state index contributed by atoms with van der Waals surface area (Å²) in [4.78, 5) is 15.3. The lowest BCUT2D eigenvalue weighted by Crippen LogP contribution is -1.97. The van der Waals surface area contributed by atoms with Crippen LogP contribution in [0.3, 0.4) is 0 Å². The highest BCUT2D eigenvalue weighted by Crippen LogP contribution is 2.33. The summed E-state index contributed by atoms with van der Waals surface area (Å²) in [5.74, 6) is -0.484. The van der Waals surface area contributed by atoms with Gasteiger partial charge in [0.2, 0.25) is 0 Å². The number of carboxylic acids is 1. The molecule has 6 nitrogen and oxygen atoms in total. The lowest BCUT2D eigenvalue weighted by atomic mass is 10.2. The van der Waals surface area contributed by atoms with Crippen LogP contribution in [-0.2, 0) is 0 Å². The van der Waals surface area contributed by atoms with Gasteiger partial charge in [-0.25, -0.2) is 9.78 Å². The molecule has 0 saturated heterocycles. The molecule has 2 aromatic carbocycles. The summed E-state index contributed by atoms with van der Waals surface area (Å²) in [7, 11) is 1.60. The van der Waals surface area contributed by atoms with Crippen molar-refractivity contribution in [2.45, 2.75) is 0 Å². The molecule has 0 aliphatic carbocycles. The minimum atomic E-state index is -1.09. The Kier molecular flexibility index (Phi) is 3.56. The Bertz CT molecular complexity index is 860. The first kappa shape index (κ1) is 14.2. The fourth-order valence-corrected chi connectivity index (χ4v) is 2.88. The number of nitrogens with zero attached hydrogens (tertiary/aromatic N) is 1. The van der Waals surface area contributed by atoms with Gasteiger partial charge in [0.15, 0.2) is 5.13 Å². The molecule has 1 aromatic heterocycles. The summed E-state index contributed by atoms with van der Waals surface area (Å²) in [5.41, 5.74) is 1.24. The first-order chi connectivity index (χ1) is 10.6. The first-order valence-electron chi connectivity index (χ1n) is 6.35. The van der Waals surface area contributed by atoms with E-state index in [-0.39, 0.29) is 11.3 Å². The van der Waals surface area contributed by atoms with Crippen molar-refractivity contribution in [3.8, 4) is 11.5 Å². The highest BCUT2D eigenvalue weighted by molar-refractivity contribution is 7.22. The van der Waals surface area contributed by atoms with Crippen LogP contribution in [0.4, 0.5) is 10.8 Å². The Labute approximate surface area is 129 Å². The molecule has 0 spiro atoms. The summed E-state index contributed by atoms with van der Waals surface area (Å²) in [6, 6.07) is 9.67. The molecule has 112 valence electrons. The van der Waals surface area contributed by atoms with Crippen LogP contribution < -0.4 is 10.1 Å².